The van der Waals surface area contributed by atoms with Crippen LogP contribution in [0.1, 0.15) is 34.6 Å². The first-order valence-corrected chi connectivity index (χ1v) is 8.43. The average Bonchev–Trinajstić information content (AvgIpc) is 2.44. The smallest absolute Gasteiger partial charge is 0.154 e. The topological polar surface area (TPSA) is 90.2 Å². The first-order chi connectivity index (χ1) is 10.2. The lowest BCUT2D eigenvalue weighted by atomic mass is 9.60. The maximum Gasteiger partial charge on any atom is 0.154 e. The van der Waals surface area contributed by atoms with Crippen LogP contribution in [0.5, 0.6) is 0 Å². The molecule has 2 aliphatic rings. The Labute approximate surface area is 135 Å². The number of nitrogens with two attached hydrogens (primary N) is 2. The highest BCUT2D eigenvalue weighted by molar-refractivity contribution is 8.04. The van der Waals surface area contributed by atoms with Gasteiger partial charge >= 0.3 is 0 Å². The maximum atomic E-state index is 6.57. The number of aliphatic imine (C=N–C) groups is 1. The minimum absolute atomic E-state index is 0.0447. The summed E-state index contributed by atoms with van der Waals surface area (Å²) in [7, 11) is 0. The van der Waals surface area contributed by atoms with Crippen molar-refractivity contribution in [2.45, 2.75) is 39.6 Å². The average molecular weight is 317 g/mol. The summed E-state index contributed by atoms with van der Waals surface area (Å²) in [6.07, 6.45) is 1.48. The van der Waals surface area contributed by atoms with E-state index in [0.717, 1.165) is 21.3 Å². The largest absolute Gasteiger partial charge is 0.401 e. The Hall–Kier alpha value is -1.56. The lowest BCUT2D eigenvalue weighted by Crippen LogP contribution is -2.46. The molecular weight excluding hydrogens is 294 g/mol. The molecule has 22 heavy (non-hydrogen) atoms. The van der Waals surface area contributed by atoms with Crippen molar-refractivity contribution in [2.24, 2.45) is 33.9 Å². The highest BCUT2D eigenvalue weighted by Gasteiger charge is 2.47. The van der Waals surface area contributed by atoms with Crippen LogP contribution in [-0.4, -0.2) is 15.7 Å². The van der Waals surface area contributed by atoms with E-state index < -0.39 is 0 Å². The van der Waals surface area contributed by atoms with Gasteiger partial charge in [0, 0.05) is 17.5 Å². The van der Waals surface area contributed by atoms with Gasteiger partial charge in [-0.05, 0) is 11.3 Å². The Balaban J connectivity index is 2.23. The van der Waals surface area contributed by atoms with Gasteiger partial charge < -0.3 is 11.5 Å². The van der Waals surface area contributed by atoms with Crippen LogP contribution in [0.3, 0.4) is 0 Å². The van der Waals surface area contributed by atoms with E-state index in [1.165, 1.54) is 6.33 Å². The van der Waals surface area contributed by atoms with Crippen LogP contribution in [0, 0.1) is 23.2 Å². The number of hydrogen-bond acceptors (Lipinski definition) is 6. The van der Waals surface area contributed by atoms with E-state index in [-0.39, 0.29) is 5.41 Å². The van der Waals surface area contributed by atoms with Crippen molar-refractivity contribution >= 4 is 29.0 Å². The van der Waals surface area contributed by atoms with E-state index in [4.69, 9.17) is 16.5 Å². The van der Waals surface area contributed by atoms with Crippen LogP contribution in [0.25, 0.3) is 0 Å². The molecule has 2 unspecified atom stereocenters. The molecule has 0 radical (unpaired) electrons. The molecule has 4 N–H and O–H groups in total. The number of fused-ring (bicyclic) bond motifs is 2. The highest BCUT2D eigenvalue weighted by Crippen LogP contribution is 2.54. The molecule has 0 fully saturated rings. The quantitative estimate of drug-likeness (QED) is 0.775. The van der Waals surface area contributed by atoms with Gasteiger partial charge in [-0.2, -0.15) is 0 Å². The Bertz CT molecular complexity index is 690. The molecule has 2 heterocycles. The van der Waals surface area contributed by atoms with Crippen LogP contribution in [0.15, 0.2) is 26.9 Å². The summed E-state index contributed by atoms with van der Waals surface area (Å²) in [5.41, 5.74) is 15.2. The van der Waals surface area contributed by atoms with Gasteiger partial charge in [-0.3, -0.25) is 0 Å². The number of aromatic nitrogens is 2. The molecule has 0 spiro atoms. The molecule has 6 heteroatoms. The highest BCUT2D eigenvalue weighted by atomic mass is 32.2. The molecular formula is C16H23N5S. The molecule has 0 saturated heterocycles. The minimum Gasteiger partial charge on any atom is -0.401 e. The lowest BCUT2D eigenvalue weighted by molar-refractivity contribution is 0.144. The predicted molar refractivity (Wildman–Crippen MR) is 91.9 cm³/mol. The van der Waals surface area contributed by atoms with E-state index >= 15 is 0 Å². The first-order valence-electron chi connectivity index (χ1n) is 7.62. The van der Waals surface area contributed by atoms with Crippen molar-refractivity contribution in [3.05, 3.63) is 16.9 Å². The molecule has 2 atom stereocenters. The number of thioether (sulfide) groups is 1. The Morgan fingerprint density at radius 1 is 1.23 bits per heavy atom. The third-order valence-electron chi connectivity index (χ3n) is 5.07. The molecule has 1 aromatic rings. The fraction of sp³-hybridized carbons (Fsp3) is 0.562. The summed E-state index contributed by atoms with van der Waals surface area (Å²) in [5, 5.41) is 0.795. The lowest BCUT2D eigenvalue weighted by Gasteiger charge is -2.47. The Morgan fingerprint density at radius 2 is 1.91 bits per heavy atom. The molecule has 3 rings (SSSR count). The van der Waals surface area contributed by atoms with Gasteiger partial charge in [0.1, 0.15) is 17.0 Å². The molecule has 0 amide bonds. The van der Waals surface area contributed by atoms with E-state index in [1.807, 2.05) is 0 Å². The van der Waals surface area contributed by atoms with Crippen LogP contribution in [0.2, 0.25) is 0 Å². The fourth-order valence-corrected chi connectivity index (χ4v) is 4.87. The zero-order valence-electron chi connectivity index (χ0n) is 13.7. The molecule has 0 saturated carbocycles. The summed E-state index contributed by atoms with van der Waals surface area (Å²) in [6, 6.07) is 0. The van der Waals surface area contributed by atoms with Gasteiger partial charge in [0.2, 0.25) is 0 Å². The summed E-state index contributed by atoms with van der Waals surface area (Å²) in [5.74, 6) is 1.52. The number of nitrogen functional groups attached to an aromatic ring is 1. The molecule has 1 aliphatic heterocycles. The second kappa shape index (κ2) is 4.98. The summed E-state index contributed by atoms with van der Waals surface area (Å²) < 4.78 is 0. The Kier molecular flexibility index (Phi) is 3.47. The number of hydrogen-bond donors (Lipinski definition) is 2. The van der Waals surface area contributed by atoms with Crippen molar-refractivity contribution in [1.29, 1.82) is 0 Å². The van der Waals surface area contributed by atoms with Crippen LogP contribution >= 0.6 is 11.8 Å². The van der Waals surface area contributed by atoms with Crippen LogP contribution in [-0.2, 0) is 0 Å². The van der Waals surface area contributed by atoms with Crippen molar-refractivity contribution in [3.8, 4) is 0 Å². The fourth-order valence-electron chi connectivity index (χ4n) is 3.76. The predicted octanol–water partition coefficient (Wildman–Crippen LogP) is 3.36. The summed E-state index contributed by atoms with van der Waals surface area (Å²) in [6.45, 7) is 11.2. The monoisotopic (exact) mass is 317 g/mol. The summed E-state index contributed by atoms with van der Waals surface area (Å²) >= 11 is 1.58. The van der Waals surface area contributed by atoms with E-state index in [0.29, 0.717) is 29.3 Å². The SMILES string of the molecule is CC(C)C1C(N)=C2Sc3ncnc(N)c3N=C2C(C)C1(C)C. The van der Waals surface area contributed by atoms with Crippen molar-refractivity contribution in [1.82, 2.24) is 9.97 Å². The van der Waals surface area contributed by atoms with Gasteiger partial charge in [-0.25, -0.2) is 15.0 Å². The van der Waals surface area contributed by atoms with E-state index in [1.54, 1.807) is 11.8 Å². The zero-order chi connectivity index (χ0) is 16.2. The van der Waals surface area contributed by atoms with Gasteiger partial charge in [-0.15, -0.1) is 0 Å². The van der Waals surface area contributed by atoms with Crippen molar-refractivity contribution in [2.75, 3.05) is 5.73 Å². The second-order valence-corrected chi connectivity index (χ2v) is 8.06. The molecule has 5 nitrogen and oxygen atoms in total. The number of rotatable bonds is 1. The Morgan fingerprint density at radius 3 is 2.55 bits per heavy atom. The molecule has 0 aromatic carbocycles. The minimum atomic E-state index is 0.0447. The van der Waals surface area contributed by atoms with E-state index in [2.05, 4.69) is 44.6 Å². The molecule has 0 bridgehead atoms. The van der Waals surface area contributed by atoms with Gasteiger partial charge in [0.05, 0.1) is 10.6 Å². The molecule has 1 aromatic heterocycles. The van der Waals surface area contributed by atoms with Gasteiger partial charge in [0.25, 0.3) is 0 Å². The van der Waals surface area contributed by atoms with Gasteiger partial charge in [0.15, 0.2) is 5.82 Å². The van der Waals surface area contributed by atoms with Crippen LogP contribution < -0.4 is 11.5 Å². The van der Waals surface area contributed by atoms with Crippen molar-refractivity contribution < 1.29 is 0 Å². The third-order valence-corrected chi connectivity index (χ3v) is 6.21. The number of allylic oxidation sites excluding steroid dienone is 2. The summed E-state index contributed by atoms with van der Waals surface area (Å²) in [4.78, 5) is 14.2. The number of nitrogens with zero attached hydrogens (tertiary/aromatic N) is 3. The molecule has 118 valence electrons. The third kappa shape index (κ3) is 2.04. The number of anilines is 1. The zero-order valence-corrected chi connectivity index (χ0v) is 14.5. The first kappa shape index (κ1) is 15.3. The van der Waals surface area contributed by atoms with E-state index in [9.17, 15) is 0 Å². The molecule has 1 aliphatic carbocycles. The normalized spacial score (nSPS) is 26.5. The van der Waals surface area contributed by atoms with Crippen LogP contribution in [0.4, 0.5) is 11.5 Å². The maximum absolute atomic E-state index is 6.57. The van der Waals surface area contributed by atoms with Gasteiger partial charge in [-0.1, -0.05) is 46.4 Å². The second-order valence-electron chi connectivity index (χ2n) is 7.06. The standard InChI is InChI=1S/C16H23N5S/c1-7(2)9-10(17)13-11(8(3)16(9,4)5)21-12-14(18)19-6-20-15(12)22-13/h6-9H,17H2,1-5H3,(H2,18,19,20). The van der Waals surface area contributed by atoms with Crippen molar-refractivity contribution in [3.63, 3.8) is 0 Å².